The van der Waals surface area contributed by atoms with Gasteiger partial charge < -0.3 is 4.57 Å². The molecule has 3 aromatic rings. The van der Waals surface area contributed by atoms with E-state index in [0.717, 1.165) is 23.2 Å². The second-order valence-electron chi connectivity index (χ2n) is 6.63. The van der Waals surface area contributed by atoms with Crippen LogP contribution in [0, 0.1) is 32.1 Å². The van der Waals surface area contributed by atoms with Crippen LogP contribution in [0.5, 0.6) is 0 Å². The van der Waals surface area contributed by atoms with Gasteiger partial charge in [-0.05, 0) is 61.6 Å². The molecule has 0 spiro atoms. The van der Waals surface area contributed by atoms with Crippen molar-refractivity contribution >= 4 is 11.6 Å². The van der Waals surface area contributed by atoms with Crippen LogP contribution in [0.25, 0.3) is 17.3 Å². The van der Waals surface area contributed by atoms with Crippen molar-refractivity contribution in [1.82, 2.24) is 4.57 Å². The summed E-state index contributed by atoms with van der Waals surface area (Å²) in [6.07, 6.45) is 2.99. The molecule has 0 atom stereocenters. The lowest BCUT2D eigenvalue weighted by Gasteiger charge is -2.17. The zero-order valence-corrected chi connectivity index (χ0v) is 15.9. The summed E-state index contributed by atoms with van der Waals surface area (Å²) in [5, 5.41) is 9.63. The first-order valence-corrected chi connectivity index (χ1v) is 9.01. The monoisotopic (exact) mass is 340 g/mol. The Hall–Kier alpha value is -3.05. The topological polar surface area (TPSA) is 28.7 Å². The first-order chi connectivity index (χ1) is 12.6. The van der Waals surface area contributed by atoms with Gasteiger partial charge in [0.05, 0.1) is 17.3 Å². The molecule has 2 heteroatoms. The maximum Gasteiger partial charge on any atom is 0.0998 e. The Labute approximate surface area is 156 Å². The summed E-state index contributed by atoms with van der Waals surface area (Å²) >= 11 is 0. The standard InChI is InChI=1S/C24H24N2/c1-5-20-13-9-10-17(2)24(20)26-18(3)14-22(19(26)4)15-23(16-25)21-11-7-6-8-12-21/h6-15H,5H2,1-4H3/b23-15+. The number of aromatic nitrogens is 1. The third-order valence-electron chi connectivity index (χ3n) is 4.90. The Morgan fingerprint density at radius 2 is 1.77 bits per heavy atom. The number of para-hydroxylation sites is 1. The van der Waals surface area contributed by atoms with E-state index < -0.39 is 0 Å². The van der Waals surface area contributed by atoms with Crippen LogP contribution in [-0.2, 0) is 6.42 Å². The van der Waals surface area contributed by atoms with Crippen LogP contribution in [0.3, 0.4) is 0 Å². The number of allylic oxidation sites excluding steroid dienone is 1. The van der Waals surface area contributed by atoms with E-state index in [0.29, 0.717) is 5.57 Å². The zero-order chi connectivity index (χ0) is 18.7. The minimum Gasteiger partial charge on any atom is -0.317 e. The molecule has 0 bridgehead atoms. The number of benzene rings is 2. The Balaban J connectivity index is 2.16. The van der Waals surface area contributed by atoms with Crippen molar-refractivity contribution in [2.45, 2.75) is 34.1 Å². The SMILES string of the molecule is CCc1cccc(C)c1-n1c(C)cc(/C=C(\C#N)c2ccccc2)c1C. The lowest BCUT2D eigenvalue weighted by atomic mass is 10.0. The highest BCUT2D eigenvalue weighted by Gasteiger charge is 2.14. The molecule has 1 aromatic heterocycles. The average molecular weight is 340 g/mol. The highest BCUT2D eigenvalue weighted by molar-refractivity contribution is 5.90. The molecule has 0 unspecified atom stereocenters. The summed E-state index contributed by atoms with van der Waals surface area (Å²) in [6.45, 7) is 8.61. The predicted molar refractivity (Wildman–Crippen MR) is 109 cm³/mol. The highest BCUT2D eigenvalue weighted by Crippen LogP contribution is 2.29. The molecule has 26 heavy (non-hydrogen) atoms. The van der Waals surface area contributed by atoms with E-state index in [9.17, 15) is 5.26 Å². The molecule has 3 rings (SSSR count). The van der Waals surface area contributed by atoms with E-state index in [4.69, 9.17) is 0 Å². The minimum absolute atomic E-state index is 0.686. The molecule has 0 aliphatic heterocycles. The van der Waals surface area contributed by atoms with Crippen LogP contribution in [-0.4, -0.2) is 4.57 Å². The van der Waals surface area contributed by atoms with E-state index in [1.165, 1.54) is 22.5 Å². The molecule has 0 aliphatic rings. The number of hydrogen-bond donors (Lipinski definition) is 0. The fourth-order valence-electron chi connectivity index (χ4n) is 3.56. The van der Waals surface area contributed by atoms with Crippen molar-refractivity contribution in [2.75, 3.05) is 0 Å². The van der Waals surface area contributed by atoms with Crippen molar-refractivity contribution in [1.29, 1.82) is 5.26 Å². The van der Waals surface area contributed by atoms with Crippen molar-refractivity contribution < 1.29 is 0 Å². The van der Waals surface area contributed by atoms with Crippen LogP contribution in [0.4, 0.5) is 0 Å². The molecule has 0 radical (unpaired) electrons. The van der Waals surface area contributed by atoms with Gasteiger partial charge in [0.1, 0.15) is 0 Å². The van der Waals surface area contributed by atoms with Gasteiger partial charge in [-0.15, -0.1) is 0 Å². The number of aryl methyl sites for hydroxylation is 3. The Kier molecular flexibility index (Phi) is 5.09. The lowest BCUT2D eigenvalue weighted by molar-refractivity contribution is 0.925. The molecular formula is C24H24N2. The molecular weight excluding hydrogens is 316 g/mol. The normalized spacial score (nSPS) is 11.4. The van der Waals surface area contributed by atoms with Crippen molar-refractivity contribution in [2.24, 2.45) is 0 Å². The Morgan fingerprint density at radius 1 is 1.04 bits per heavy atom. The van der Waals surface area contributed by atoms with Crippen LogP contribution in [0.15, 0.2) is 54.6 Å². The molecule has 0 N–H and O–H groups in total. The summed E-state index contributed by atoms with van der Waals surface area (Å²) in [6, 6.07) is 20.8. The van der Waals surface area contributed by atoms with Gasteiger partial charge >= 0.3 is 0 Å². The van der Waals surface area contributed by atoms with Crippen LogP contribution >= 0.6 is 0 Å². The van der Waals surface area contributed by atoms with E-state index in [-0.39, 0.29) is 0 Å². The van der Waals surface area contributed by atoms with Gasteiger partial charge in [0.2, 0.25) is 0 Å². The molecule has 130 valence electrons. The summed E-state index contributed by atoms with van der Waals surface area (Å²) in [4.78, 5) is 0. The smallest absolute Gasteiger partial charge is 0.0998 e. The fraction of sp³-hybridized carbons (Fsp3) is 0.208. The van der Waals surface area contributed by atoms with Gasteiger partial charge in [0, 0.05) is 11.4 Å². The number of rotatable bonds is 4. The Morgan fingerprint density at radius 3 is 2.42 bits per heavy atom. The third kappa shape index (κ3) is 3.21. The molecule has 2 nitrogen and oxygen atoms in total. The second-order valence-corrected chi connectivity index (χ2v) is 6.63. The van der Waals surface area contributed by atoms with E-state index in [1.807, 2.05) is 36.4 Å². The summed E-state index contributed by atoms with van der Waals surface area (Å²) in [5.41, 5.74) is 8.95. The quantitative estimate of drug-likeness (QED) is 0.533. The van der Waals surface area contributed by atoms with Crippen molar-refractivity contribution in [3.63, 3.8) is 0 Å². The second kappa shape index (κ2) is 7.45. The van der Waals surface area contributed by atoms with Gasteiger partial charge in [-0.3, -0.25) is 0 Å². The molecule has 0 saturated heterocycles. The largest absolute Gasteiger partial charge is 0.317 e. The summed E-state index contributed by atoms with van der Waals surface area (Å²) in [7, 11) is 0. The lowest BCUT2D eigenvalue weighted by Crippen LogP contribution is -2.05. The van der Waals surface area contributed by atoms with E-state index >= 15 is 0 Å². The third-order valence-corrected chi connectivity index (χ3v) is 4.90. The maximum atomic E-state index is 9.63. The molecule has 0 saturated carbocycles. The van der Waals surface area contributed by atoms with E-state index in [2.05, 4.69) is 62.6 Å². The zero-order valence-electron chi connectivity index (χ0n) is 15.9. The molecule has 2 aromatic carbocycles. The fourth-order valence-corrected chi connectivity index (χ4v) is 3.56. The van der Waals surface area contributed by atoms with Crippen LogP contribution < -0.4 is 0 Å². The molecule has 1 heterocycles. The minimum atomic E-state index is 0.686. The first kappa shape index (κ1) is 17.8. The first-order valence-electron chi connectivity index (χ1n) is 9.01. The van der Waals surface area contributed by atoms with Gasteiger partial charge in [-0.2, -0.15) is 5.26 Å². The van der Waals surface area contributed by atoms with Gasteiger partial charge in [-0.1, -0.05) is 55.5 Å². The summed E-state index contributed by atoms with van der Waals surface area (Å²) in [5.74, 6) is 0. The van der Waals surface area contributed by atoms with Crippen LogP contribution in [0.1, 0.15) is 40.6 Å². The predicted octanol–water partition coefficient (Wildman–Crippen LogP) is 6.03. The van der Waals surface area contributed by atoms with Crippen LogP contribution in [0.2, 0.25) is 0 Å². The maximum absolute atomic E-state index is 9.63. The summed E-state index contributed by atoms with van der Waals surface area (Å²) < 4.78 is 2.32. The molecule has 0 fully saturated rings. The number of nitriles is 1. The number of nitrogens with zero attached hydrogens (tertiary/aromatic N) is 2. The average Bonchev–Trinajstić information content (AvgIpc) is 2.93. The van der Waals surface area contributed by atoms with Crippen molar-refractivity contribution in [3.05, 3.63) is 88.2 Å². The van der Waals surface area contributed by atoms with Crippen molar-refractivity contribution in [3.8, 4) is 11.8 Å². The number of hydrogen-bond acceptors (Lipinski definition) is 1. The van der Waals surface area contributed by atoms with Gasteiger partial charge in [-0.25, -0.2) is 0 Å². The van der Waals surface area contributed by atoms with Gasteiger partial charge in [0.15, 0.2) is 0 Å². The molecule has 0 amide bonds. The van der Waals surface area contributed by atoms with Gasteiger partial charge in [0.25, 0.3) is 0 Å². The highest BCUT2D eigenvalue weighted by atomic mass is 15.0. The molecule has 0 aliphatic carbocycles. The Bertz CT molecular complexity index is 999. The van der Waals surface area contributed by atoms with E-state index in [1.54, 1.807) is 0 Å².